The molecule has 2 aromatic rings. The lowest BCUT2D eigenvalue weighted by Gasteiger charge is -2.32. The van der Waals surface area contributed by atoms with Gasteiger partial charge in [-0.05, 0) is 24.6 Å². The third-order valence-corrected chi connectivity index (χ3v) is 4.56. The number of hydrogen-bond acceptors (Lipinski definition) is 5. The van der Waals surface area contributed by atoms with Gasteiger partial charge in [-0.2, -0.15) is 0 Å². The van der Waals surface area contributed by atoms with Gasteiger partial charge in [-0.25, -0.2) is 4.98 Å². The highest BCUT2D eigenvalue weighted by Gasteiger charge is 2.30. The fourth-order valence-corrected chi connectivity index (χ4v) is 3.34. The second-order valence-electron chi connectivity index (χ2n) is 5.74. The number of ether oxygens (including phenoxy) is 3. The molecule has 1 N–H and O–H groups in total. The lowest BCUT2D eigenvalue weighted by atomic mass is 10.1. The number of methoxy groups -OCH3 is 1. The van der Waals surface area contributed by atoms with E-state index in [1.807, 2.05) is 6.07 Å². The molecule has 0 aliphatic carbocycles. The highest BCUT2D eigenvalue weighted by molar-refractivity contribution is 6.37. The zero-order valence-corrected chi connectivity index (χ0v) is 15.6. The summed E-state index contributed by atoms with van der Waals surface area (Å²) in [6.45, 7) is 0.906. The van der Waals surface area contributed by atoms with E-state index in [0.29, 0.717) is 36.8 Å². The Morgan fingerprint density at radius 2 is 2.08 bits per heavy atom. The van der Waals surface area contributed by atoms with Crippen LogP contribution in [0.25, 0.3) is 0 Å². The summed E-state index contributed by atoms with van der Waals surface area (Å²) >= 11 is 12.2. The number of pyridine rings is 1. The summed E-state index contributed by atoms with van der Waals surface area (Å²) in [4.78, 5) is 16.8. The zero-order valence-electron chi connectivity index (χ0n) is 14.1. The molecular formula is C18H18Cl2N2O4. The zero-order chi connectivity index (χ0) is 18.5. The first-order valence-corrected chi connectivity index (χ1v) is 8.83. The predicted molar refractivity (Wildman–Crippen MR) is 98.4 cm³/mol. The molecule has 0 bridgehead atoms. The average Bonchev–Trinajstić information content (AvgIpc) is 2.64. The van der Waals surface area contributed by atoms with Crippen LogP contribution in [0.4, 0.5) is 0 Å². The van der Waals surface area contributed by atoms with Crippen molar-refractivity contribution in [2.45, 2.75) is 18.6 Å². The van der Waals surface area contributed by atoms with E-state index in [-0.39, 0.29) is 28.1 Å². The van der Waals surface area contributed by atoms with Crippen molar-refractivity contribution in [1.29, 1.82) is 0 Å². The first kappa shape index (κ1) is 18.8. The summed E-state index contributed by atoms with van der Waals surface area (Å²) in [6, 6.07) is 8.22. The first-order chi connectivity index (χ1) is 12.6. The van der Waals surface area contributed by atoms with Crippen molar-refractivity contribution in [2.75, 3.05) is 20.3 Å². The minimum absolute atomic E-state index is 0.224. The number of nitrogens with zero attached hydrogens (tertiary/aromatic N) is 1. The maximum Gasteiger partial charge on any atom is 0.251 e. The number of halogens is 2. The maximum absolute atomic E-state index is 12.6. The standard InChI is InChI=1S/C18H18Cl2N2O4/c1-24-17-12(19)8-11(9-13(17)20)18(23)22-14-5-7-25-10-15(14)26-16-4-2-3-6-21-16/h2-4,6,8-9,14-15H,5,7,10H2,1H3,(H,22,23). The Labute approximate surface area is 161 Å². The van der Waals surface area contributed by atoms with Crippen LogP contribution in [0.3, 0.4) is 0 Å². The highest BCUT2D eigenvalue weighted by atomic mass is 35.5. The highest BCUT2D eigenvalue weighted by Crippen LogP contribution is 2.33. The molecule has 2 heterocycles. The van der Waals surface area contributed by atoms with Crippen molar-refractivity contribution in [2.24, 2.45) is 0 Å². The van der Waals surface area contributed by atoms with E-state index in [9.17, 15) is 4.79 Å². The van der Waals surface area contributed by atoms with Gasteiger partial charge in [-0.15, -0.1) is 0 Å². The van der Waals surface area contributed by atoms with Crippen LogP contribution >= 0.6 is 23.2 Å². The van der Waals surface area contributed by atoms with Gasteiger partial charge in [0.15, 0.2) is 5.75 Å². The van der Waals surface area contributed by atoms with Crippen LogP contribution < -0.4 is 14.8 Å². The Morgan fingerprint density at radius 1 is 1.31 bits per heavy atom. The molecule has 8 heteroatoms. The predicted octanol–water partition coefficient (Wildman–Crippen LogP) is 3.36. The van der Waals surface area contributed by atoms with Crippen LogP contribution in [0.2, 0.25) is 10.0 Å². The van der Waals surface area contributed by atoms with E-state index in [1.54, 1.807) is 18.3 Å². The number of carbonyl (C=O) groups excluding carboxylic acids is 1. The third-order valence-electron chi connectivity index (χ3n) is 4.00. The molecule has 2 atom stereocenters. The van der Waals surface area contributed by atoms with E-state index >= 15 is 0 Å². The molecule has 0 radical (unpaired) electrons. The maximum atomic E-state index is 12.6. The summed E-state index contributed by atoms with van der Waals surface area (Å²) in [5, 5.41) is 3.52. The molecule has 3 rings (SSSR count). The average molecular weight is 397 g/mol. The van der Waals surface area contributed by atoms with Gasteiger partial charge in [-0.1, -0.05) is 29.3 Å². The topological polar surface area (TPSA) is 69.7 Å². The van der Waals surface area contributed by atoms with Crippen LogP contribution in [0.15, 0.2) is 36.5 Å². The van der Waals surface area contributed by atoms with Crippen LogP contribution in [-0.2, 0) is 4.74 Å². The molecule has 1 fully saturated rings. The molecule has 26 heavy (non-hydrogen) atoms. The Hall–Kier alpha value is -2.02. The normalized spacial score (nSPS) is 19.7. The van der Waals surface area contributed by atoms with Gasteiger partial charge in [0.05, 0.1) is 29.8 Å². The molecule has 1 aliphatic heterocycles. The van der Waals surface area contributed by atoms with Gasteiger partial charge < -0.3 is 19.5 Å². The van der Waals surface area contributed by atoms with Crippen molar-refractivity contribution in [3.63, 3.8) is 0 Å². The molecule has 138 valence electrons. The summed E-state index contributed by atoms with van der Waals surface area (Å²) in [6.07, 6.45) is 1.93. The van der Waals surface area contributed by atoms with Gasteiger partial charge >= 0.3 is 0 Å². The van der Waals surface area contributed by atoms with Crippen LogP contribution in [-0.4, -0.2) is 43.4 Å². The van der Waals surface area contributed by atoms with Crippen molar-refractivity contribution in [1.82, 2.24) is 10.3 Å². The molecular weight excluding hydrogens is 379 g/mol. The van der Waals surface area contributed by atoms with Crippen molar-refractivity contribution in [3.05, 3.63) is 52.1 Å². The van der Waals surface area contributed by atoms with E-state index in [2.05, 4.69) is 10.3 Å². The Morgan fingerprint density at radius 3 is 2.73 bits per heavy atom. The molecule has 1 saturated heterocycles. The smallest absolute Gasteiger partial charge is 0.251 e. The first-order valence-electron chi connectivity index (χ1n) is 8.08. The lowest BCUT2D eigenvalue weighted by molar-refractivity contribution is -0.0152. The minimum Gasteiger partial charge on any atom is -0.494 e. The van der Waals surface area contributed by atoms with E-state index < -0.39 is 0 Å². The van der Waals surface area contributed by atoms with Gasteiger partial charge in [0.1, 0.15) is 6.10 Å². The summed E-state index contributed by atoms with van der Waals surface area (Å²) in [5.41, 5.74) is 0.351. The molecule has 1 aliphatic rings. The molecule has 0 spiro atoms. The van der Waals surface area contributed by atoms with Crippen LogP contribution in [0.1, 0.15) is 16.8 Å². The van der Waals surface area contributed by atoms with Crippen LogP contribution in [0, 0.1) is 0 Å². The fourth-order valence-electron chi connectivity index (χ4n) is 2.70. The van der Waals surface area contributed by atoms with Gasteiger partial charge in [0.2, 0.25) is 5.88 Å². The van der Waals surface area contributed by atoms with E-state index in [0.717, 1.165) is 0 Å². The Bertz CT molecular complexity index is 750. The summed E-state index contributed by atoms with van der Waals surface area (Å²) in [7, 11) is 1.47. The minimum atomic E-state index is -0.341. The van der Waals surface area contributed by atoms with Crippen molar-refractivity contribution in [3.8, 4) is 11.6 Å². The van der Waals surface area contributed by atoms with Gasteiger partial charge in [0.25, 0.3) is 5.91 Å². The van der Waals surface area contributed by atoms with Gasteiger partial charge in [0, 0.05) is 24.4 Å². The fraction of sp³-hybridized carbons (Fsp3) is 0.333. The Balaban J connectivity index is 1.72. The number of benzene rings is 1. The SMILES string of the molecule is COc1c(Cl)cc(C(=O)NC2CCOCC2Oc2ccccn2)cc1Cl. The number of hydrogen-bond donors (Lipinski definition) is 1. The molecule has 1 aromatic heterocycles. The monoisotopic (exact) mass is 396 g/mol. The summed E-state index contributed by atoms with van der Waals surface area (Å²) < 4.78 is 16.4. The number of amides is 1. The molecule has 2 unspecified atom stereocenters. The number of rotatable bonds is 5. The molecule has 6 nitrogen and oxygen atoms in total. The van der Waals surface area contributed by atoms with Gasteiger partial charge in [-0.3, -0.25) is 4.79 Å². The molecule has 1 aromatic carbocycles. The molecule has 0 saturated carbocycles. The molecule has 1 amide bonds. The van der Waals surface area contributed by atoms with Crippen molar-refractivity contribution >= 4 is 29.1 Å². The quantitative estimate of drug-likeness (QED) is 0.838. The lowest BCUT2D eigenvalue weighted by Crippen LogP contribution is -2.51. The number of aromatic nitrogens is 1. The summed E-state index contributed by atoms with van der Waals surface area (Å²) in [5.74, 6) is 0.531. The third kappa shape index (κ3) is 4.38. The van der Waals surface area contributed by atoms with Crippen LogP contribution in [0.5, 0.6) is 11.6 Å². The largest absolute Gasteiger partial charge is 0.494 e. The van der Waals surface area contributed by atoms with Crippen molar-refractivity contribution < 1.29 is 19.0 Å². The second kappa shape index (κ2) is 8.58. The van der Waals surface area contributed by atoms with E-state index in [4.69, 9.17) is 37.4 Å². The number of carbonyl (C=O) groups is 1. The Kier molecular flexibility index (Phi) is 6.19. The van der Waals surface area contributed by atoms with E-state index in [1.165, 1.54) is 19.2 Å². The number of nitrogens with one attached hydrogen (secondary N) is 1. The second-order valence-corrected chi connectivity index (χ2v) is 6.56.